The summed E-state index contributed by atoms with van der Waals surface area (Å²) in [5, 5.41) is 3.13. The predicted molar refractivity (Wildman–Crippen MR) is 73.1 cm³/mol. The van der Waals surface area contributed by atoms with Crippen LogP contribution >= 0.6 is 0 Å². The topological polar surface area (TPSA) is 31.4 Å². The van der Waals surface area contributed by atoms with E-state index in [0.29, 0.717) is 26.2 Å². The standard InChI is InChI=1S/C13H19F3N4/c1-2-17-11-4-3-5-12(18-11)20-8-6-19(7-9-20)10-13(14,15)16/h3-5H,2,6-10H2,1H3,(H,17,18). The van der Waals surface area contributed by atoms with Gasteiger partial charge in [0.1, 0.15) is 11.6 Å². The van der Waals surface area contributed by atoms with Crippen molar-refractivity contribution >= 4 is 11.6 Å². The molecule has 1 fully saturated rings. The number of pyridine rings is 1. The van der Waals surface area contributed by atoms with Crippen LogP contribution in [0.15, 0.2) is 18.2 Å². The molecule has 2 rings (SSSR count). The highest BCUT2D eigenvalue weighted by atomic mass is 19.4. The number of alkyl halides is 3. The third kappa shape index (κ3) is 4.26. The highest BCUT2D eigenvalue weighted by molar-refractivity contribution is 5.47. The number of nitrogens with zero attached hydrogens (tertiary/aromatic N) is 3. The van der Waals surface area contributed by atoms with E-state index in [1.54, 1.807) is 0 Å². The smallest absolute Gasteiger partial charge is 0.370 e. The molecule has 1 aliphatic heterocycles. The Morgan fingerprint density at radius 3 is 2.50 bits per heavy atom. The number of nitrogens with one attached hydrogen (secondary N) is 1. The van der Waals surface area contributed by atoms with Crippen molar-refractivity contribution in [3.8, 4) is 0 Å². The zero-order valence-electron chi connectivity index (χ0n) is 11.5. The first kappa shape index (κ1) is 14.9. The van der Waals surface area contributed by atoms with E-state index in [1.807, 2.05) is 30.0 Å². The molecule has 20 heavy (non-hydrogen) atoms. The van der Waals surface area contributed by atoms with Crippen molar-refractivity contribution in [1.82, 2.24) is 9.88 Å². The van der Waals surface area contributed by atoms with Crippen molar-refractivity contribution in [3.63, 3.8) is 0 Å². The molecule has 0 bridgehead atoms. The maximum Gasteiger partial charge on any atom is 0.401 e. The molecule has 0 unspecified atom stereocenters. The first-order chi connectivity index (χ1) is 9.48. The van der Waals surface area contributed by atoms with Crippen LogP contribution in [-0.2, 0) is 0 Å². The molecule has 0 radical (unpaired) electrons. The van der Waals surface area contributed by atoms with E-state index in [9.17, 15) is 13.2 Å². The van der Waals surface area contributed by atoms with Crippen molar-refractivity contribution in [2.24, 2.45) is 0 Å². The van der Waals surface area contributed by atoms with Gasteiger partial charge in [0.2, 0.25) is 0 Å². The normalized spacial score (nSPS) is 17.3. The van der Waals surface area contributed by atoms with Crippen molar-refractivity contribution in [1.29, 1.82) is 0 Å². The molecule has 1 aromatic rings. The van der Waals surface area contributed by atoms with Crippen LogP contribution in [0.4, 0.5) is 24.8 Å². The number of rotatable bonds is 4. The third-order valence-corrected chi connectivity index (χ3v) is 3.19. The Balaban J connectivity index is 1.92. The van der Waals surface area contributed by atoms with Crippen LogP contribution in [0.3, 0.4) is 0 Å². The predicted octanol–water partition coefficient (Wildman–Crippen LogP) is 2.20. The lowest BCUT2D eigenvalue weighted by atomic mass is 10.3. The SMILES string of the molecule is CCNc1cccc(N2CCN(CC(F)(F)F)CC2)n1. The Morgan fingerprint density at radius 1 is 1.20 bits per heavy atom. The van der Waals surface area contributed by atoms with Gasteiger partial charge in [-0.05, 0) is 19.1 Å². The average molecular weight is 288 g/mol. The molecule has 0 aliphatic carbocycles. The van der Waals surface area contributed by atoms with Crippen molar-refractivity contribution in [2.45, 2.75) is 13.1 Å². The molecule has 4 nitrogen and oxygen atoms in total. The van der Waals surface area contributed by atoms with Crippen LogP contribution < -0.4 is 10.2 Å². The van der Waals surface area contributed by atoms with Crippen molar-refractivity contribution in [3.05, 3.63) is 18.2 Å². The first-order valence-electron chi connectivity index (χ1n) is 6.73. The maximum atomic E-state index is 12.3. The monoisotopic (exact) mass is 288 g/mol. The minimum absolute atomic E-state index is 0.409. The van der Waals surface area contributed by atoms with Crippen LogP contribution in [0.25, 0.3) is 0 Å². The van der Waals surface area contributed by atoms with E-state index in [2.05, 4.69) is 10.3 Å². The van der Waals surface area contributed by atoms with Crippen LogP contribution in [0.2, 0.25) is 0 Å². The molecule has 0 atom stereocenters. The van der Waals surface area contributed by atoms with E-state index >= 15 is 0 Å². The van der Waals surface area contributed by atoms with Crippen LogP contribution in [0, 0.1) is 0 Å². The Labute approximate surface area is 116 Å². The molecule has 1 N–H and O–H groups in total. The highest BCUT2D eigenvalue weighted by Gasteiger charge is 2.32. The number of hydrogen-bond acceptors (Lipinski definition) is 4. The van der Waals surface area contributed by atoms with Gasteiger partial charge in [-0.3, -0.25) is 4.90 Å². The van der Waals surface area contributed by atoms with Gasteiger partial charge in [-0.1, -0.05) is 6.07 Å². The molecule has 0 amide bonds. The summed E-state index contributed by atoms with van der Waals surface area (Å²) < 4.78 is 37.0. The number of piperazine rings is 1. The van der Waals surface area contributed by atoms with Gasteiger partial charge >= 0.3 is 6.18 Å². The van der Waals surface area contributed by atoms with Crippen LogP contribution in [-0.4, -0.2) is 55.3 Å². The molecule has 0 saturated carbocycles. The van der Waals surface area contributed by atoms with Gasteiger partial charge in [0.25, 0.3) is 0 Å². The summed E-state index contributed by atoms with van der Waals surface area (Å²) in [6.07, 6.45) is -4.12. The molecule has 1 saturated heterocycles. The average Bonchev–Trinajstić information content (AvgIpc) is 2.38. The zero-order valence-corrected chi connectivity index (χ0v) is 11.5. The van der Waals surface area contributed by atoms with Gasteiger partial charge in [-0.15, -0.1) is 0 Å². The quantitative estimate of drug-likeness (QED) is 0.920. The molecule has 0 spiro atoms. The lowest BCUT2D eigenvalue weighted by molar-refractivity contribution is -0.146. The second-order valence-corrected chi connectivity index (χ2v) is 4.79. The Hall–Kier alpha value is -1.50. The fourth-order valence-corrected chi connectivity index (χ4v) is 2.27. The van der Waals surface area contributed by atoms with E-state index in [-0.39, 0.29) is 0 Å². The number of hydrogen-bond donors (Lipinski definition) is 1. The summed E-state index contributed by atoms with van der Waals surface area (Å²) in [6, 6.07) is 5.68. The van der Waals surface area contributed by atoms with E-state index in [0.717, 1.165) is 18.2 Å². The number of halogens is 3. The summed E-state index contributed by atoms with van der Waals surface area (Å²) in [5.74, 6) is 1.61. The molecule has 1 aliphatic rings. The van der Waals surface area contributed by atoms with E-state index < -0.39 is 12.7 Å². The molecule has 2 heterocycles. The molecule has 112 valence electrons. The minimum Gasteiger partial charge on any atom is -0.370 e. The first-order valence-corrected chi connectivity index (χ1v) is 6.73. The molecule has 1 aromatic heterocycles. The van der Waals surface area contributed by atoms with E-state index in [4.69, 9.17) is 0 Å². The van der Waals surface area contributed by atoms with Crippen LogP contribution in [0.1, 0.15) is 6.92 Å². The Kier molecular flexibility index (Phi) is 4.69. The highest BCUT2D eigenvalue weighted by Crippen LogP contribution is 2.20. The summed E-state index contributed by atoms with van der Waals surface area (Å²) in [4.78, 5) is 7.92. The second kappa shape index (κ2) is 6.30. The van der Waals surface area contributed by atoms with Gasteiger partial charge < -0.3 is 10.2 Å². The van der Waals surface area contributed by atoms with Gasteiger partial charge in [0, 0.05) is 32.7 Å². The fraction of sp³-hybridized carbons (Fsp3) is 0.615. The zero-order chi connectivity index (χ0) is 14.6. The van der Waals surface area contributed by atoms with Crippen molar-refractivity contribution < 1.29 is 13.2 Å². The largest absolute Gasteiger partial charge is 0.401 e. The second-order valence-electron chi connectivity index (χ2n) is 4.79. The van der Waals surface area contributed by atoms with Crippen molar-refractivity contribution in [2.75, 3.05) is 49.5 Å². The summed E-state index contributed by atoms with van der Waals surface area (Å²) in [6.45, 7) is 3.91. The molecule has 0 aromatic carbocycles. The Bertz CT molecular complexity index is 428. The summed E-state index contributed by atoms with van der Waals surface area (Å²) in [5.41, 5.74) is 0. The fourth-order valence-electron chi connectivity index (χ4n) is 2.27. The maximum absolute atomic E-state index is 12.3. The summed E-state index contributed by atoms with van der Waals surface area (Å²) >= 11 is 0. The van der Waals surface area contributed by atoms with Gasteiger partial charge in [0.05, 0.1) is 6.54 Å². The Morgan fingerprint density at radius 2 is 1.90 bits per heavy atom. The summed E-state index contributed by atoms with van der Waals surface area (Å²) in [7, 11) is 0. The number of aromatic nitrogens is 1. The van der Waals surface area contributed by atoms with Gasteiger partial charge in [-0.2, -0.15) is 13.2 Å². The third-order valence-electron chi connectivity index (χ3n) is 3.19. The number of anilines is 2. The lowest BCUT2D eigenvalue weighted by Crippen LogP contribution is -2.49. The minimum atomic E-state index is -4.12. The van der Waals surface area contributed by atoms with Crippen LogP contribution in [0.5, 0.6) is 0 Å². The lowest BCUT2D eigenvalue weighted by Gasteiger charge is -2.35. The molecular weight excluding hydrogens is 269 g/mol. The van der Waals surface area contributed by atoms with Gasteiger partial charge in [-0.25, -0.2) is 4.98 Å². The van der Waals surface area contributed by atoms with Gasteiger partial charge in [0.15, 0.2) is 0 Å². The van der Waals surface area contributed by atoms with E-state index in [1.165, 1.54) is 4.90 Å². The molecule has 7 heteroatoms. The molecular formula is C13H19F3N4.